The molecule has 15 heteroatoms. The molecule has 228 valence electrons. The number of fused-ring (bicyclic) bond motifs is 1. The lowest BCUT2D eigenvalue weighted by molar-refractivity contribution is 0.0192. The Bertz CT molecular complexity index is 1780. The number of aliphatic hydroxyl groups is 1. The molecule has 1 heterocycles. The Kier molecular flexibility index (Phi) is 7.24. The molecule has 2 atom stereocenters. The van der Waals surface area contributed by atoms with E-state index >= 15 is 0 Å². The number of hydrogen-bond donors (Lipinski definition) is 10. The molecule has 0 radical (unpaired) electrons. The lowest BCUT2D eigenvalue weighted by Gasteiger charge is -2.32. The summed E-state index contributed by atoms with van der Waals surface area (Å²) in [5, 5.41) is 99.1. The van der Waals surface area contributed by atoms with Gasteiger partial charge in [0.1, 0.15) is 22.8 Å². The van der Waals surface area contributed by atoms with Crippen LogP contribution in [0.4, 0.5) is 0 Å². The van der Waals surface area contributed by atoms with E-state index in [4.69, 9.17) is 14.2 Å². The van der Waals surface area contributed by atoms with Crippen molar-refractivity contribution < 1.29 is 74.9 Å². The van der Waals surface area contributed by atoms with Gasteiger partial charge in [-0.3, -0.25) is 0 Å². The molecule has 44 heavy (non-hydrogen) atoms. The van der Waals surface area contributed by atoms with Crippen LogP contribution in [-0.4, -0.2) is 69.1 Å². The lowest BCUT2D eigenvalue weighted by Crippen LogP contribution is -2.31. The molecule has 0 unspecified atom stereocenters. The molecule has 0 aliphatic carbocycles. The van der Waals surface area contributed by atoms with Gasteiger partial charge in [-0.15, -0.1) is 0 Å². The Hall–Kier alpha value is -6.22. The molecule has 4 aromatic carbocycles. The fraction of sp³-hybridized carbons (Fsp3) is 0.103. The van der Waals surface area contributed by atoms with Crippen LogP contribution in [0.5, 0.6) is 69.0 Å². The van der Waals surface area contributed by atoms with Crippen LogP contribution in [0.3, 0.4) is 0 Å². The van der Waals surface area contributed by atoms with Crippen LogP contribution in [0.15, 0.2) is 48.5 Å². The molecule has 0 spiro atoms. The van der Waals surface area contributed by atoms with Crippen molar-refractivity contribution in [3.63, 3.8) is 0 Å². The molecule has 1 aliphatic heterocycles. The average Bonchev–Trinajstić information content (AvgIpc) is 2.97. The maximum atomic E-state index is 13.0. The van der Waals surface area contributed by atoms with Gasteiger partial charge >= 0.3 is 11.9 Å². The van der Waals surface area contributed by atoms with Gasteiger partial charge in [-0.2, -0.15) is 0 Å². The number of carbonyl (C=O) groups excluding carboxylic acids is 2. The maximum Gasteiger partial charge on any atom is 0.347 e. The number of phenolic OH excluding ortho intramolecular Hbond substituents is 9. The second-order valence-electron chi connectivity index (χ2n) is 9.59. The average molecular weight is 610 g/mol. The van der Waals surface area contributed by atoms with Gasteiger partial charge in [-0.25, -0.2) is 9.59 Å². The summed E-state index contributed by atoms with van der Waals surface area (Å²) in [5.74, 6) is -10.7. The smallest absolute Gasteiger partial charge is 0.347 e. The van der Waals surface area contributed by atoms with Crippen molar-refractivity contribution in [3.05, 3.63) is 70.8 Å². The van der Waals surface area contributed by atoms with Crippen molar-refractivity contribution in [2.75, 3.05) is 0 Å². The zero-order valence-corrected chi connectivity index (χ0v) is 22.0. The Labute approximate surface area is 245 Å². The maximum absolute atomic E-state index is 13.0. The minimum absolute atomic E-state index is 0.0245. The molecule has 0 fully saturated rings. The van der Waals surface area contributed by atoms with Gasteiger partial charge in [0.2, 0.25) is 5.75 Å². The number of hydrogen-bond acceptors (Lipinski definition) is 15. The summed E-state index contributed by atoms with van der Waals surface area (Å²) in [7, 11) is 0. The first kappa shape index (κ1) is 29.3. The second kappa shape index (κ2) is 10.9. The van der Waals surface area contributed by atoms with Gasteiger partial charge in [0.25, 0.3) is 0 Å². The van der Waals surface area contributed by atoms with Crippen LogP contribution < -0.4 is 14.2 Å². The molecule has 4 aromatic rings. The molecule has 0 saturated heterocycles. The van der Waals surface area contributed by atoms with Gasteiger partial charge in [0, 0.05) is 29.7 Å². The minimum atomic E-state index is -1.39. The van der Waals surface area contributed by atoms with Crippen molar-refractivity contribution in [1.29, 1.82) is 0 Å². The van der Waals surface area contributed by atoms with Crippen LogP contribution in [0, 0.1) is 0 Å². The number of benzene rings is 4. The molecule has 0 amide bonds. The molecule has 0 bridgehead atoms. The van der Waals surface area contributed by atoms with Gasteiger partial charge < -0.3 is 65.3 Å². The predicted octanol–water partition coefficient (Wildman–Crippen LogP) is 2.51. The third-order valence-corrected chi connectivity index (χ3v) is 6.65. The van der Waals surface area contributed by atoms with E-state index in [2.05, 4.69) is 0 Å². The van der Waals surface area contributed by atoms with Crippen molar-refractivity contribution in [3.8, 4) is 69.0 Å². The SMILES string of the molecule is O=C(Oc1cc(OC(=O)c2ccc(O)c(O)c2O)cc2c1C[C@@H](O)[C@@H](c1cc(O)c(O)c(O)c1)O2)c1cc(O)c(O)c(O)c1. The van der Waals surface area contributed by atoms with E-state index in [-0.39, 0.29) is 34.8 Å². The number of carbonyl (C=O) groups is 2. The largest absolute Gasteiger partial charge is 0.504 e. The summed E-state index contributed by atoms with van der Waals surface area (Å²) in [6, 6.07) is 7.75. The Morgan fingerprint density at radius 3 is 1.86 bits per heavy atom. The van der Waals surface area contributed by atoms with Gasteiger partial charge in [-0.1, -0.05) is 0 Å². The molecular formula is C29H22O15. The third kappa shape index (κ3) is 5.25. The summed E-state index contributed by atoms with van der Waals surface area (Å²) in [6.45, 7) is 0. The summed E-state index contributed by atoms with van der Waals surface area (Å²) >= 11 is 0. The molecule has 10 N–H and O–H groups in total. The first-order valence-corrected chi connectivity index (χ1v) is 12.4. The fourth-order valence-electron chi connectivity index (χ4n) is 4.44. The number of esters is 2. The van der Waals surface area contributed by atoms with E-state index in [0.717, 1.165) is 48.5 Å². The first-order valence-electron chi connectivity index (χ1n) is 12.4. The van der Waals surface area contributed by atoms with Gasteiger partial charge in [0.15, 0.2) is 52.1 Å². The van der Waals surface area contributed by atoms with Crippen LogP contribution in [-0.2, 0) is 6.42 Å². The van der Waals surface area contributed by atoms with Crippen LogP contribution in [0.1, 0.15) is 37.9 Å². The zero-order valence-electron chi connectivity index (χ0n) is 22.0. The number of aliphatic hydroxyl groups excluding tert-OH is 1. The molecule has 0 aromatic heterocycles. The van der Waals surface area contributed by atoms with E-state index in [1.807, 2.05) is 0 Å². The van der Waals surface area contributed by atoms with Crippen molar-refractivity contribution in [2.24, 2.45) is 0 Å². The van der Waals surface area contributed by atoms with Crippen molar-refractivity contribution in [2.45, 2.75) is 18.6 Å². The highest BCUT2D eigenvalue weighted by Gasteiger charge is 2.35. The quantitative estimate of drug-likeness (QED) is 0.0884. The second-order valence-corrected chi connectivity index (χ2v) is 9.59. The summed E-state index contributed by atoms with van der Waals surface area (Å²) in [5.41, 5.74) is -0.887. The summed E-state index contributed by atoms with van der Waals surface area (Å²) < 4.78 is 16.6. The number of rotatable bonds is 5. The zero-order chi connectivity index (χ0) is 32.0. The fourth-order valence-corrected chi connectivity index (χ4v) is 4.44. The van der Waals surface area contributed by atoms with Crippen LogP contribution in [0.2, 0.25) is 0 Å². The van der Waals surface area contributed by atoms with Gasteiger partial charge in [-0.05, 0) is 36.4 Å². The van der Waals surface area contributed by atoms with E-state index in [1.54, 1.807) is 0 Å². The monoisotopic (exact) mass is 610 g/mol. The predicted molar refractivity (Wildman–Crippen MR) is 144 cm³/mol. The highest BCUT2D eigenvalue weighted by molar-refractivity contribution is 5.96. The molecule has 5 rings (SSSR count). The van der Waals surface area contributed by atoms with E-state index in [0.29, 0.717) is 0 Å². The number of phenols is 9. The standard InChI is InChI=1S/C29H22O15/c30-15-2-1-13(23(36)26(15)39)29(41)42-12-7-21-14(9-20(35)27(43-21)10-3-16(31)24(37)17(32)4-10)22(8-12)44-28(40)11-5-18(33)25(38)19(34)6-11/h1-8,20,27,30-39H,9H2/t20-,27-/m1/s1. The molecule has 0 saturated carbocycles. The summed E-state index contributed by atoms with van der Waals surface area (Å²) in [4.78, 5) is 25.8. The highest BCUT2D eigenvalue weighted by atomic mass is 16.6. The van der Waals surface area contributed by atoms with Crippen molar-refractivity contribution >= 4 is 11.9 Å². The minimum Gasteiger partial charge on any atom is -0.504 e. The van der Waals surface area contributed by atoms with E-state index in [9.17, 15) is 60.7 Å². The highest BCUT2D eigenvalue weighted by Crippen LogP contribution is 2.46. The first-order chi connectivity index (χ1) is 20.7. The molecule has 1 aliphatic rings. The number of ether oxygens (including phenoxy) is 3. The number of aromatic hydroxyl groups is 9. The Morgan fingerprint density at radius 1 is 0.659 bits per heavy atom. The third-order valence-electron chi connectivity index (χ3n) is 6.65. The van der Waals surface area contributed by atoms with Crippen LogP contribution in [0.25, 0.3) is 0 Å². The van der Waals surface area contributed by atoms with Crippen molar-refractivity contribution in [1.82, 2.24) is 0 Å². The topological polar surface area (TPSA) is 264 Å². The molecular weight excluding hydrogens is 588 g/mol. The van der Waals surface area contributed by atoms with E-state index in [1.165, 1.54) is 0 Å². The van der Waals surface area contributed by atoms with E-state index < -0.39 is 87.0 Å². The Morgan fingerprint density at radius 2 is 1.25 bits per heavy atom. The summed E-state index contributed by atoms with van der Waals surface area (Å²) in [6.07, 6.45) is -2.95. The normalized spacial score (nSPS) is 15.6. The Balaban J connectivity index is 1.56. The van der Waals surface area contributed by atoms with Crippen LogP contribution >= 0.6 is 0 Å². The lowest BCUT2D eigenvalue weighted by atomic mass is 9.93. The van der Waals surface area contributed by atoms with Gasteiger partial charge in [0.05, 0.1) is 11.7 Å². The molecule has 15 nitrogen and oxygen atoms in total.